The van der Waals surface area contributed by atoms with Crippen LogP contribution in [0, 0.1) is 70.3 Å². The number of cyclic esters (lactones) is 1. The Morgan fingerprint density at radius 2 is 1.69 bits per heavy atom. The summed E-state index contributed by atoms with van der Waals surface area (Å²) in [6, 6.07) is 8.03. The number of ether oxygens (including phenoxy) is 9. The first-order valence-corrected chi connectivity index (χ1v) is 33.2. The van der Waals surface area contributed by atoms with Crippen LogP contribution in [0.4, 0.5) is 10.1 Å². The Bertz CT molecular complexity index is 2710. The molecule has 22 nitrogen and oxygen atoms in total. The van der Waals surface area contributed by atoms with E-state index in [0.29, 0.717) is 61.1 Å². The van der Waals surface area contributed by atoms with Crippen molar-refractivity contribution in [2.75, 3.05) is 67.0 Å². The summed E-state index contributed by atoms with van der Waals surface area (Å²) in [4.78, 5) is 53.0. The molecule has 4 saturated heterocycles. The zero-order chi connectivity index (χ0) is 65.5. The number of halogens is 1. The number of aromatic nitrogens is 2. The third kappa shape index (κ3) is 18.7. The van der Waals surface area contributed by atoms with Crippen molar-refractivity contribution in [2.24, 2.45) is 59.5 Å². The van der Waals surface area contributed by atoms with E-state index in [2.05, 4.69) is 85.8 Å². The standard InChI is InChI=1S/C42H69NO10.C18H24FN3O.C7H14N4O3/c1-10-27-13-12-14-35(53-37-18-17-34(43(6)7)24(4)49-37)23(3)38(45)33-21-31-29(32(33)22-36(44)51-27)16-15-26-19-28(20-30(26)31)52-42-41(47-9)40(48-11-2)39(46-8)25(5)50-42;1-11(2)10-12(3)14-8-6-7-9-15(14)20-18(23)16-13(4)21-22(5)17(16)19;1-8-7(10-11(12)13)9-4-6-2-3-14-5-6/h21,23-32,34-35,37,39-42H,10-20,22H2,1-9H3;6-9,11-12H,10H2,1-5H3,(H,20,23);6H,2-5H2,1H3,(H2,8,9,10)/t23-,24-,25+,26-,27+,28-,29-,30-,31-,32+,34+,35+,37+,39+,40-,41-,42+;;/m1../s1. The van der Waals surface area contributed by atoms with Gasteiger partial charge in [-0.1, -0.05) is 58.9 Å². The molecule has 7 aliphatic rings. The van der Waals surface area contributed by atoms with E-state index in [1.165, 1.54) is 7.05 Å². The average molecular weight is 1270 g/mol. The number of hydrazone groups is 1. The van der Waals surface area contributed by atoms with Crippen molar-refractivity contribution in [1.29, 1.82) is 0 Å². The number of guanidine groups is 1. The fourth-order valence-electron chi connectivity index (χ4n) is 15.2. The molecule has 506 valence electrons. The summed E-state index contributed by atoms with van der Waals surface area (Å²) in [5.41, 5.74) is 3.00. The smallest absolute Gasteiger partial charge is 0.306 e. The monoisotopic (exact) mass is 1270 g/mol. The Morgan fingerprint density at radius 1 is 0.944 bits per heavy atom. The Labute approximate surface area is 533 Å². The molecule has 5 heterocycles. The van der Waals surface area contributed by atoms with E-state index in [9.17, 15) is 28.9 Å². The van der Waals surface area contributed by atoms with Crippen molar-refractivity contribution in [1.82, 2.24) is 25.3 Å². The van der Waals surface area contributed by atoms with Crippen LogP contribution in [0.3, 0.4) is 0 Å². The molecule has 3 N–H and O–H groups in total. The third-order valence-electron chi connectivity index (χ3n) is 19.8. The fourth-order valence-corrected chi connectivity index (χ4v) is 15.2. The molecule has 2 saturated carbocycles. The second-order valence-corrected chi connectivity index (χ2v) is 26.6. The number of anilines is 1. The number of carbonyl (C=O) groups is 3. The lowest BCUT2D eigenvalue weighted by molar-refractivity contribution is -0.485. The molecular weight excluding hydrogens is 1160 g/mol. The van der Waals surface area contributed by atoms with Crippen molar-refractivity contribution in [3.8, 4) is 0 Å². The van der Waals surface area contributed by atoms with E-state index < -0.39 is 29.3 Å². The van der Waals surface area contributed by atoms with Gasteiger partial charge in [0.05, 0.1) is 43.1 Å². The second-order valence-electron chi connectivity index (χ2n) is 26.6. The van der Waals surface area contributed by atoms with Crippen LogP contribution in [0.15, 0.2) is 41.0 Å². The van der Waals surface area contributed by atoms with Crippen LogP contribution in [0.1, 0.15) is 166 Å². The number of aryl methyl sites for hydroxylation is 2. The maximum Gasteiger partial charge on any atom is 0.306 e. The summed E-state index contributed by atoms with van der Waals surface area (Å²) >= 11 is 0. The van der Waals surface area contributed by atoms with Gasteiger partial charge in [0.25, 0.3) is 11.9 Å². The number of hydrogen-bond acceptors (Lipinski definition) is 16. The topological polar surface area (TPSA) is 247 Å². The fraction of sp³-hybridized carbons (Fsp3) is 0.776. The molecule has 9 rings (SSSR count). The van der Waals surface area contributed by atoms with E-state index >= 15 is 0 Å². The number of likely N-dealkylation sites (N-methyl/N-ethyl adjacent to an activating group) is 1. The Hall–Kier alpha value is -4.98. The van der Waals surface area contributed by atoms with Crippen molar-refractivity contribution in [3.63, 3.8) is 0 Å². The molecule has 23 heteroatoms. The number of Topliss-reactive ketones (excluding diaryl/α,β-unsaturated/α-hetero) is 1. The second kappa shape index (κ2) is 34.3. The summed E-state index contributed by atoms with van der Waals surface area (Å²) in [5, 5.41) is 24.7. The number of ketones is 1. The Kier molecular flexibility index (Phi) is 27.6. The highest BCUT2D eigenvalue weighted by Gasteiger charge is 2.54. The molecule has 2 unspecified atom stereocenters. The van der Waals surface area contributed by atoms with Gasteiger partial charge in [-0.3, -0.25) is 14.4 Å². The van der Waals surface area contributed by atoms with Gasteiger partial charge in [-0.2, -0.15) is 9.49 Å². The number of fused-ring (bicyclic) bond motifs is 5. The molecule has 3 aliphatic carbocycles. The number of amides is 1. The van der Waals surface area contributed by atoms with Crippen LogP contribution in [0.25, 0.3) is 0 Å². The van der Waals surface area contributed by atoms with Crippen LogP contribution in [0.2, 0.25) is 0 Å². The molecule has 2 aromatic rings. The average Bonchev–Trinajstić information content (AvgIpc) is 1.61. The molecule has 1 aromatic carbocycles. The quantitative estimate of drug-likeness (QED) is 0.0413. The van der Waals surface area contributed by atoms with Crippen LogP contribution in [0.5, 0.6) is 0 Å². The first-order valence-electron chi connectivity index (χ1n) is 33.2. The minimum atomic E-state index is -0.732. The number of para-hydroxylation sites is 1. The summed E-state index contributed by atoms with van der Waals surface area (Å²) in [6.07, 6.45) is 10.8. The van der Waals surface area contributed by atoms with E-state index in [1.54, 1.807) is 28.2 Å². The van der Waals surface area contributed by atoms with Gasteiger partial charge in [0.15, 0.2) is 23.4 Å². The summed E-state index contributed by atoms with van der Waals surface area (Å²) < 4.78 is 70.5. The molecule has 1 amide bonds. The number of hydrogen-bond donors (Lipinski definition) is 3. The number of esters is 1. The van der Waals surface area contributed by atoms with E-state index in [1.807, 2.05) is 45.0 Å². The van der Waals surface area contributed by atoms with Crippen LogP contribution in [-0.2, 0) is 59.3 Å². The van der Waals surface area contributed by atoms with Gasteiger partial charge in [-0.25, -0.2) is 14.8 Å². The molecule has 4 aliphatic heterocycles. The number of carbonyl (C=O) groups excluding carboxylic acids is 3. The van der Waals surface area contributed by atoms with Gasteiger partial charge in [-0.05, 0) is 172 Å². The van der Waals surface area contributed by atoms with Crippen molar-refractivity contribution >= 4 is 29.3 Å². The predicted octanol–water partition coefficient (Wildman–Crippen LogP) is 9.75. The molecule has 6 fully saturated rings. The maximum atomic E-state index is 14.7. The van der Waals surface area contributed by atoms with Gasteiger partial charge in [0, 0.05) is 77.6 Å². The highest BCUT2D eigenvalue weighted by molar-refractivity contribution is 6.05. The third-order valence-corrected chi connectivity index (χ3v) is 19.8. The molecule has 0 bridgehead atoms. The van der Waals surface area contributed by atoms with Crippen molar-refractivity contribution in [2.45, 2.75) is 219 Å². The molecule has 0 spiro atoms. The summed E-state index contributed by atoms with van der Waals surface area (Å²) in [6.45, 7) is 21.0. The zero-order valence-electron chi connectivity index (χ0n) is 56.3. The molecule has 90 heavy (non-hydrogen) atoms. The van der Waals surface area contributed by atoms with Gasteiger partial charge < -0.3 is 63.5 Å². The van der Waals surface area contributed by atoms with Gasteiger partial charge in [-0.15, -0.1) is 0 Å². The summed E-state index contributed by atoms with van der Waals surface area (Å²) in [5.74, 6) is 1.13. The first-order chi connectivity index (χ1) is 43.0. The number of allylic oxidation sites excluding steroid dienone is 2. The molecular formula is C67H107FN8O14. The molecule has 1 aromatic heterocycles. The Morgan fingerprint density at radius 3 is 2.31 bits per heavy atom. The minimum Gasteiger partial charge on any atom is -0.462 e. The molecule has 0 radical (unpaired) electrons. The number of rotatable bonds is 18. The van der Waals surface area contributed by atoms with E-state index in [4.69, 9.17) is 42.6 Å². The zero-order valence-corrected chi connectivity index (χ0v) is 56.3. The SMILES string of the molecule is CCO[C@@H]1[C@@H](OC)[C@H](C)O[C@@H](O[C@@H]2C[C@H]3CC[C@@H]4[C@@H](C=C5C(=O)[C@H](C)[C@@H](O[C@H]6CC[C@H](N(C)C)[C@@H](C)O6)CCC[C@H](CC)OC(=O)C[C@H]54)[C@@H]3C2)[C@@H]1OC.CN/C(=N/[N+](=O)[O-])NCC1CCOC1.Cc1nn(C)c(F)c1C(=O)Nc1ccccc1C(C)CC(C)C. The highest BCUT2D eigenvalue weighted by atomic mass is 19.1. The minimum absolute atomic E-state index is 0.00110. The number of nitrogens with one attached hydrogen (secondary N) is 3. The molecule has 19 atom stereocenters. The van der Waals surface area contributed by atoms with Crippen LogP contribution < -0.4 is 16.0 Å². The van der Waals surface area contributed by atoms with Gasteiger partial charge >= 0.3 is 5.97 Å². The number of nitro groups is 1. The van der Waals surface area contributed by atoms with Crippen molar-refractivity contribution < 1.29 is 66.4 Å². The van der Waals surface area contributed by atoms with Gasteiger partial charge in [0.1, 0.15) is 35.1 Å². The largest absolute Gasteiger partial charge is 0.462 e. The predicted molar refractivity (Wildman–Crippen MR) is 340 cm³/mol. The first kappa shape index (κ1) is 72.4. The van der Waals surface area contributed by atoms with Crippen LogP contribution >= 0.6 is 0 Å². The van der Waals surface area contributed by atoms with Gasteiger partial charge in [0.2, 0.25) is 5.95 Å². The van der Waals surface area contributed by atoms with Crippen LogP contribution in [-0.4, -0.2) is 173 Å². The number of methoxy groups -OCH3 is 2. The maximum absolute atomic E-state index is 14.7. The number of benzene rings is 1. The lowest BCUT2D eigenvalue weighted by Crippen LogP contribution is -2.60. The van der Waals surface area contributed by atoms with E-state index in [0.717, 1.165) is 105 Å². The number of nitrogens with zero attached hydrogens (tertiary/aromatic N) is 5. The summed E-state index contributed by atoms with van der Waals surface area (Å²) in [7, 11) is 10.6. The van der Waals surface area contributed by atoms with E-state index in [-0.39, 0.29) is 102 Å². The normalized spacial score (nSPS) is 33.4. The lowest BCUT2D eigenvalue weighted by atomic mass is 9.66. The highest BCUT2D eigenvalue weighted by Crippen LogP contribution is 2.57. The lowest BCUT2D eigenvalue weighted by Gasteiger charge is -2.44. The van der Waals surface area contributed by atoms with Crippen molar-refractivity contribution in [3.05, 3.63) is 68.8 Å². The Balaban J connectivity index is 0.000000253.